The molecule has 4 heteroatoms. The number of hydrogen-bond donors (Lipinski definition) is 1. The Morgan fingerprint density at radius 3 is 2.35 bits per heavy atom. The van der Waals surface area contributed by atoms with Crippen molar-refractivity contribution in [3.63, 3.8) is 0 Å². The molecule has 2 rings (SSSR count). The van der Waals surface area contributed by atoms with Crippen molar-refractivity contribution in [3.05, 3.63) is 65.7 Å². The first kappa shape index (κ1) is 14.5. The zero-order valence-corrected chi connectivity index (χ0v) is 11.4. The summed E-state index contributed by atoms with van der Waals surface area (Å²) in [6.45, 7) is 1.84. The van der Waals surface area contributed by atoms with Gasteiger partial charge in [-0.3, -0.25) is 0 Å². The molecule has 2 nitrogen and oxygen atoms in total. The lowest BCUT2D eigenvalue weighted by Crippen LogP contribution is -2.31. The lowest BCUT2D eigenvalue weighted by molar-refractivity contribution is 0.168. The van der Waals surface area contributed by atoms with E-state index in [0.717, 1.165) is 11.6 Å². The summed E-state index contributed by atoms with van der Waals surface area (Å²) in [5, 5.41) is 3.15. The number of rotatable bonds is 5. The van der Waals surface area contributed by atoms with Crippen LogP contribution in [0.2, 0.25) is 0 Å². The van der Waals surface area contributed by atoms with Crippen molar-refractivity contribution in [3.8, 4) is 5.75 Å². The van der Waals surface area contributed by atoms with E-state index in [-0.39, 0.29) is 17.9 Å². The number of nitrogens with one attached hydrogen (secondary N) is 1. The molecule has 2 unspecified atom stereocenters. The van der Waals surface area contributed by atoms with Crippen LogP contribution in [0.3, 0.4) is 0 Å². The smallest absolute Gasteiger partial charge is 0.167 e. The molecule has 2 atom stereocenters. The van der Waals surface area contributed by atoms with Crippen LogP contribution >= 0.6 is 0 Å². The minimum atomic E-state index is -0.695. The quantitative estimate of drug-likeness (QED) is 0.900. The van der Waals surface area contributed by atoms with Gasteiger partial charge < -0.3 is 10.1 Å². The van der Waals surface area contributed by atoms with Crippen molar-refractivity contribution >= 4 is 0 Å². The van der Waals surface area contributed by atoms with Gasteiger partial charge in [0.25, 0.3) is 0 Å². The third kappa shape index (κ3) is 3.33. The van der Waals surface area contributed by atoms with Gasteiger partial charge in [-0.05, 0) is 31.7 Å². The highest BCUT2D eigenvalue weighted by atomic mass is 19.1. The van der Waals surface area contributed by atoms with Crippen LogP contribution in [0.4, 0.5) is 8.78 Å². The summed E-state index contributed by atoms with van der Waals surface area (Å²) in [4.78, 5) is 0. The Bertz CT molecular complexity index is 560. The fourth-order valence-corrected chi connectivity index (χ4v) is 2.17. The van der Waals surface area contributed by atoms with Crippen LogP contribution in [-0.2, 0) is 0 Å². The molecular formula is C16H17F2NO. The Balaban J connectivity index is 2.15. The lowest BCUT2D eigenvalue weighted by atomic mass is 10.0. The van der Waals surface area contributed by atoms with Gasteiger partial charge in [-0.25, -0.2) is 8.78 Å². The van der Waals surface area contributed by atoms with Crippen molar-refractivity contribution < 1.29 is 13.5 Å². The molecule has 0 aliphatic rings. The van der Waals surface area contributed by atoms with E-state index in [4.69, 9.17) is 4.74 Å². The van der Waals surface area contributed by atoms with Gasteiger partial charge >= 0.3 is 0 Å². The van der Waals surface area contributed by atoms with Crippen LogP contribution in [0.5, 0.6) is 5.75 Å². The molecule has 0 saturated heterocycles. The second-order valence-corrected chi connectivity index (χ2v) is 4.57. The van der Waals surface area contributed by atoms with Gasteiger partial charge in [0.2, 0.25) is 0 Å². The highest BCUT2D eigenvalue weighted by Crippen LogP contribution is 2.24. The van der Waals surface area contributed by atoms with Crippen molar-refractivity contribution in [1.82, 2.24) is 5.32 Å². The summed E-state index contributed by atoms with van der Waals surface area (Å²) in [6.07, 6.45) is -0.303. The van der Waals surface area contributed by atoms with E-state index >= 15 is 0 Å². The fourth-order valence-electron chi connectivity index (χ4n) is 2.17. The minimum absolute atomic E-state index is 0.0510. The first-order valence-corrected chi connectivity index (χ1v) is 6.45. The van der Waals surface area contributed by atoms with E-state index in [2.05, 4.69) is 5.32 Å². The summed E-state index contributed by atoms with van der Waals surface area (Å²) >= 11 is 0. The predicted octanol–water partition coefficient (Wildman–Crippen LogP) is 3.69. The molecule has 0 aliphatic heterocycles. The SMILES string of the molecule is CNC(c1ccccc1)C(C)Oc1ccc(F)cc1F. The van der Waals surface area contributed by atoms with E-state index in [9.17, 15) is 8.78 Å². The van der Waals surface area contributed by atoms with Gasteiger partial charge in [-0.1, -0.05) is 30.3 Å². The maximum absolute atomic E-state index is 13.6. The van der Waals surface area contributed by atoms with Crippen LogP contribution in [0.25, 0.3) is 0 Å². The van der Waals surface area contributed by atoms with Crippen molar-refractivity contribution in [2.24, 2.45) is 0 Å². The Morgan fingerprint density at radius 1 is 1.05 bits per heavy atom. The number of likely N-dealkylation sites (N-methyl/N-ethyl adjacent to an activating group) is 1. The summed E-state index contributed by atoms with van der Waals surface area (Å²) in [5.74, 6) is -1.26. The van der Waals surface area contributed by atoms with Crippen molar-refractivity contribution in [2.75, 3.05) is 7.05 Å². The highest BCUT2D eigenvalue weighted by molar-refractivity contribution is 5.26. The second kappa shape index (κ2) is 6.48. The van der Waals surface area contributed by atoms with E-state index in [1.54, 1.807) is 0 Å². The van der Waals surface area contributed by atoms with E-state index < -0.39 is 11.6 Å². The van der Waals surface area contributed by atoms with Crippen LogP contribution in [0, 0.1) is 11.6 Å². The normalized spacial score (nSPS) is 13.8. The molecule has 0 aliphatic carbocycles. The highest BCUT2D eigenvalue weighted by Gasteiger charge is 2.20. The fraction of sp³-hybridized carbons (Fsp3) is 0.250. The molecule has 0 saturated carbocycles. The molecule has 1 N–H and O–H groups in total. The largest absolute Gasteiger partial charge is 0.486 e. The number of benzene rings is 2. The lowest BCUT2D eigenvalue weighted by Gasteiger charge is -2.25. The number of ether oxygens (including phenoxy) is 1. The Kier molecular flexibility index (Phi) is 4.69. The maximum Gasteiger partial charge on any atom is 0.167 e. The molecule has 2 aromatic carbocycles. The third-order valence-corrected chi connectivity index (χ3v) is 3.15. The molecule has 0 fully saturated rings. The van der Waals surface area contributed by atoms with E-state index in [1.807, 2.05) is 44.3 Å². The minimum Gasteiger partial charge on any atom is -0.486 e. The monoisotopic (exact) mass is 277 g/mol. The molecule has 20 heavy (non-hydrogen) atoms. The molecular weight excluding hydrogens is 260 g/mol. The molecule has 106 valence electrons. The maximum atomic E-state index is 13.6. The Morgan fingerprint density at radius 2 is 1.75 bits per heavy atom. The van der Waals surface area contributed by atoms with Gasteiger partial charge in [0.1, 0.15) is 11.9 Å². The van der Waals surface area contributed by atoms with E-state index in [1.165, 1.54) is 12.1 Å². The molecule has 0 aromatic heterocycles. The van der Waals surface area contributed by atoms with E-state index in [0.29, 0.717) is 0 Å². The zero-order valence-electron chi connectivity index (χ0n) is 11.4. The standard InChI is InChI=1S/C16H17F2NO/c1-11(16(19-2)12-6-4-3-5-7-12)20-15-9-8-13(17)10-14(15)18/h3-11,16,19H,1-2H3. The van der Waals surface area contributed by atoms with Gasteiger partial charge in [0.05, 0.1) is 6.04 Å². The summed E-state index contributed by atoms with van der Waals surface area (Å²) in [5.41, 5.74) is 1.05. The predicted molar refractivity (Wildman–Crippen MR) is 74.7 cm³/mol. The van der Waals surface area contributed by atoms with Crippen LogP contribution in [0.1, 0.15) is 18.5 Å². The molecule has 0 radical (unpaired) electrons. The number of halogens is 2. The average molecular weight is 277 g/mol. The Labute approximate surface area is 117 Å². The zero-order chi connectivity index (χ0) is 14.5. The Hall–Kier alpha value is -1.94. The summed E-state index contributed by atoms with van der Waals surface area (Å²) < 4.78 is 32.1. The molecule has 0 amide bonds. The van der Waals surface area contributed by atoms with Crippen molar-refractivity contribution in [2.45, 2.75) is 19.1 Å². The van der Waals surface area contributed by atoms with Gasteiger partial charge in [-0.15, -0.1) is 0 Å². The molecule has 0 heterocycles. The third-order valence-electron chi connectivity index (χ3n) is 3.15. The average Bonchev–Trinajstić information content (AvgIpc) is 2.44. The van der Waals surface area contributed by atoms with Crippen LogP contribution in [0.15, 0.2) is 48.5 Å². The first-order valence-electron chi connectivity index (χ1n) is 6.45. The first-order chi connectivity index (χ1) is 9.61. The second-order valence-electron chi connectivity index (χ2n) is 4.57. The summed E-state index contributed by atoms with van der Waals surface area (Å²) in [7, 11) is 1.82. The molecule has 2 aromatic rings. The molecule has 0 spiro atoms. The van der Waals surface area contributed by atoms with Gasteiger partial charge in [0, 0.05) is 6.07 Å². The van der Waals surface area contributed by atoms with Gasteiger partial charge in [-0.2, -0.15) is 0 Å². The van der Waals surface area contributed by atoms with Crippen molar-refractivity contribution in [1.29, 1.82) is 0 Å². The topological polar surface area (TPSA) is 21.3 Å². The summed E-state index contributed by atoms with van der Waals surface area (Å²) in [6, 6.07) is 13.0. The number of hydrogen-bond acceptors (Lipinski definition) is 2. The van der Waals surface area contributed by atoms with Crippen LogP contribution in [-0.4, -0.2) is 13.2 Å². The van der Waals surface area contributed by atoms with Crippen LogP contribution < -0.4 is 10.1 Å². The molecule has 0 bridgehead atoms. The van der Waals surface area contributed by atoms with Gasteiger partial charge in [0.15, 0.2) is 11.6 Å².